The lowest BCUT2D eigenvalue weighted by atomic mass is 9.93. The first-order valence-corrected chi connectivity index (χ1v) is 15.6. The number of rotatable bonds is 11. The summed E-state index contributed by atoms with van der Waals surface area (Å²) in [5, 5.41) is 5.80. The zero-order chi connectivity index (χ0) is 31.2. The van der Waals surface area contributed by atoms with Crippen molar-refractivity contribution >= 4 is 23.3 Å². The highest BCUT2D eigenvalue weighted by atomic mass is 16.5. The highest BCUT2D eigenvalue weighted by Gasteiger charge is 2.40. The Hall–Kier alpha value is -4.24. The third kappa shape index (κ3) is 7.10. The number of ether oxygens (including phenoxy) is 3. The van der Waals surface area contributed by atoms with E-state index >= 15 is 0 Å². The summed E-state index contributed by atoms with van der Waals surface area (Å²) >= 11 is 0. The van der Waals surface area contributed by atoms with Gasteiger partial charge in [-0.25, -0.2) is 4.79 Å². The number of amides is 3. The van der Waals surface area contributed by atoms with Crippen LogP contribution in [0.5, 0.6) is 23.0 Å². The van der Waals surface area contributed by atoms with Crippen molar-refractivity contribution in [2.45, 2.75) is 71.2 Å². The van der Waals surface area contributed by atoms with Crippen LogP contribution >= 0.6 is 0 Å². The number of nitrogens with one attached hydrogen (secondary N) is 2. The fourth-order valence-electron chi connectivity index (χ4n) is 6.16. The van der Waals surface area contributed by atoms with Crippen molar-refractivity contribution < 1.29 is 23.8 Å². The molecule has 2 aliphatic heterocycles. The number of fused-ring (bicyclic) bond motifs is 2. The SMILES string of the molecule is CCC(CC)NC(=O)Nc1ccc(Oc2ccc(N(C)C(=O)c3ccc(OC4CCC5CCN4C5C)cc3)cc2)c(OC)c1. The average molecular weight is 601 g/mol. The van der Waals surface area contributed by atoms with Crippen molar-refractivity contribution in [2.24, 2.45) is 5.92 Å². The maximum atomic E-state index is 13.2. The van der Waals surface area contributed by atoms with E-state index in [0.29, 0.717) is 34.5 Å². The number of methoxy groups -OCH3 is 1. The van der Waals surface area contributed by atoms with Crippen LogP contribution in [0.25, 0.3) is 0 Å². The van der Waals surface area contributed by atoms with Crippen molar-refractivity contribution in [3.05, 3.63) is 72.3 Å². The lowest BCUT2D eigenvalue weighted by Crippen LogP contribution is -2.46. The second-order valence-corrected chi connectivity index (χ2v) is 11.6. The molecule has 9 heteroatoms. The highest BCUT2D eigenvalue weighted by molar-refractivity contribution is 6.05. The number of carbonyl (C=O) groups is 2. The molecule has 3 aromatic carbocycles. The van der Waals surface area contributed by atoms with Gasteiger partial charge in [-0.3, -0.25) is 9.69 Å². The summed E-state index contributed by atoms with van der Waals surface area (Å²) < 4.78 is 17.9. The smallest absolute Gasteiger partial charge is 0.319 e. The highest BCUT2D eigenvalue weighted by Crippen LogP contribution is 2.37. The standard InChI is InChI=1S/C35H44N4O5/c1-6-26(7-2)36-35(41)37-27-11-18-31(32(22-27)42-5)43-29-16-12-28(13-17-29)38(4)34(40)25-8-14-30(15-9-25)44-33-19-10-24-20-21-39(33)23(24)3/h8-9,11-18,22-24,26,33H,6-7,10,19-21H2,1-5H3,(H2,36,37,41). The number of carbonyl (C=O) groups excluding carboxylic acids is 2. The number of piperidine rings is 1. The Morgan fingerprint density at radius 2 is 1.64 bits per heavy atom. The molecule has 5 rings (SSSR count). The van der Waals surface area contributed by atoms with Crippen molar-refractivity contribution in [1.29, 1.82) is 0 Å². The minimum absolute atomic E-state index is 0.106. The largest absolute Gasteiger partial charge is 0.493 e. The number of nitrogens with zero attached hydrogens (tertiary/aromatic N) is 2. The maximum Gasteiger partial charge on any atom is 0.319 e. The number of hydrogen-bond donors (Lipinski definition) is 2. The van der Waals surface area contributed by atoms with Crippen molar-refractivity contribution in [3.8, 4) is 23.0 Å². The summed E-state index contributed by atoms with van der Waals surface area (Å²) in [5.41, 5.74) is 1.92. The molecule has 3 aromatic rings. The monoisotopic (exact) mass is 600 g/mol. The van der Waals surface area contributed by atoms with Crippen LogP contribution in [-0.4, -0.2) is 55.9 Å². The van der Waals surface area contributed by atoms with Gasteiger partial charge in [0.25, 0.3) is 5.91 Å². The van der Waals surface area contributed by atoms with E-state index in [9.17, 15) is 9.59 Å². The van der Waals surface area contributed by atoms with Crippen LogP contribution in [0.1, 0.15) is 63.2 Å². The Labute approximate surface area is 260 Å². The lowest BCUT2D eigenvalue weighted by molar-refractivity contribution is -0.0169. The van der Waals surface area contributed by atoms with E-state index in [2.05, 4.69) is 22.5 Å². The summed E-state index contributed by atoms with van der Waals surface area (Å²) in [6, 6.07) is 20.4. The Bertz CT molecular complexity index is 1420. The van der Waals surface area contributed by atoms with Crippen molar-refractivity contribution in [3.63, 3.8) is 0 Å². The topological polar surface area (TPSA) is 92.4 Å². The summed E-state index contributed by atoms with van der Waals surface area (Å²) in [5.74, 6) is 3.04. The van der Waals surface area contributed by atoms with Crippen LogP contribution in [-0.2, 0) is 0 Å². The van der Waals surface area contributed by atoms with Crippen LogP contribution in [0.15, 0.2) is 66.7 Å². The first kappa shape index (κ1) is 31.2. The van der Waals surface area contributed by atoms with E-state index in [1.54, 1.807) is 49.4 Å². The molecule has 0 aliphatic carbocycles. The third-order valence-electron chi connectivity index (χ3n) is 8.99. The minimum atomic E-state index is -0.258. The molecule has 4 unspecified atom stereocenters. The van der Waals surface area contributed by atoms with E-state index in [1.165, 1.54) is 12.8 Å². The molecule has 2 aliphatic rings. The van der Waals surface area contributed by atoms with Crippen LogP contribution in [0.4, 0.5) is 16.2 Å². The molecule has 4 atom stereocenters. The normalized spacial score (nSPS) is 20.6. The quantitative estimate of drug-likeness (QED) is 0.240. The van der Waals surface area contributed by atoms with Crippen LogP contribution in [0.2, 0.25) is 0 Å². The molecule has 2 fully saturated rings. The zero-order valence-electron chi connectivity index (χ0n) is 26.3. The van der Waals surface area contributed by atoms with E-state index in [1.807, 2.05) is 50.2 Å². The van der Waals surface area contributed by atoms with Crippen molar-refractivity contribution in [1.82, 2.24) is 10.2 Å². The minimum Gasteiger partial charge on any atom is -0.493 e. The molecule has 234 valence electrons. The van der Waals surface area contributed by atoms with E-state index in [0.717, 1.165) is 43.2 Å². The van der Waals surface area contributed by atoms with Gasteiger partial charge in [0.05, 0.1) is 7.11 Å². The first-order valence-electron chi connectivity index (χ1n) is 15.6. The van der Waals surface area contributed by atoms with Gasteiger partial charge in [-0.15, -0.1) is 0 Å². The van der Waals surface area contributed by atoms with Crippen LogP contribution in [0, 0.1) is 5.92 Å². The van der Waals surface area contributed by atoms with Gasteiger partial charge in [-0.05, 0) is 106 Å². The Morgan fingerprint density at radius 3 is 2.32 bits per heavy atom. The average Bonchev–Trinajstić information content (AvgIpc) is 3.28. The second kappa shape index (κ2) is 14.0. The van der Waals surface area contributed by atoms with Gasteiger partial charge in [-0.2, -0.15) is 0 Å². The summed E-state index contributed by atoms with van der Waals surface area (Å²) in [4.78, 5) is 29.7. The fraction of sp³-hybridized carbons (Fsp3) is 0.429. The predicted molar refractivity (Wildman–Crippen MR) is 173 cm³/mol. The number of anilines is 2. The van der Waals surface area contributed by atoms with Crippen LogP contribution in [0.3, 0.4) is 0 Å². The molecule has 2 saturated heterocycles. The predicted octanol–water partition coefficient (Wildman–Crippen LogP) is 7.28. The summed E-state index contributed by atoms with van der Waals surface area (Å²) in [6.07, 6.45) is 5.35. The molecule has 44 heavy (non-hydrogen) atoms. The van der Waals surface area contributed by atoms with Crippen LogP contribution < -0.4 is 29.7 Å². The Morgan fingerprint density at radius 1 is 0.932 bits per heavy atom. The molecular formula is C35H44N4O5. The van der Waals surface area contributed by atoms with Crippen molar-refractivity contribution in [2.75, 3.05) is 30.9 Å². The Kier molecular flexibility index (Phi) is 9.95. The van der Waals surface area contributed by atoms with E-state index in [4.69, 9.17) is 14.2 Å². The van der Waals surface area contributed by atoms with Gasteiger partial charge >= 0.3 is 6.03 Å². The summed E-state index contributed by atoms with van der Waals surface area (Å²) in [6.45, 7) is 7.48. The molecule has 0 aromatic heterocycles. The molecule has 0 spiro atoms. The fourth-order valence-corrected chi connectivity index (χ4v) is 6.16. The molecule has 0 radical (unpaired) electrons. The lowest BCUT2D eigenvalue weighted by Gasteiger charge is -2.37. The molecular weight excluding hydrogens is 556 g/mol. The van der Waals surface area contributed by atoms with E-state index in [-0.39, 0.29) is 24.2 Å². The number of hydrogen-bond acceptors (Lipinski definition) is 6. The molecule has 3 amide bonds. The molecule has 2 heterocycles. The van der Waals surface area contributed by atoms with Gasteiger partial charge in [0, 0.05) is 48.7 Å². The molecule has 9 nitrogen and oxygen atoms in total. The molecule has 0 saturated carbocycles. The van der Waals surface area contributed by atoms with Gasteiger partial charge in [0.2, 0.25) is 0 Å². The van der Waals surface area contributed by atoms with Gasteiger partial charge in [0.1, 0.15) is 11.5 Å². The molecule has 2 N–H and O–H groups in total. The molecule has 2 bridgehead atoms. The number of benzene rings is 3. The van der Waals surface area contributed by atoms with Gasteiger partial charge in [0.15, 0.2) is 17.7 Å². The Balaban J connectivity index is 1.17. The zero-order valence-corrected chi connectivity index (χ0v) is 26.3. The van der Waals surface area contributed by atoms with Gasteiger partial charge in [-0.1, -0.05) is 13.8 Å². The first-order chi connectivity index (χ1) is 21.3. The van der Waals surface area contributed by atoms with Gasteiger partial charge < -0.3 is 29.7 Å². The third-order valence-corrected chi connectivity index (χ3v) is 8.99. The summed E-state index contributed by atoms with van der Waals surface area (Å²) in [7, 11) is 3.31. The second-order valence-electron chi connectivity index (χ2n) is 11.6. The number of urea groups is 1. The van der Waals surface area contributed by atoms with E-state index < -0.39 is 0 Å². The maximum absolute atomic E-state index is 13.2.